The van der Waals surface area contributed by atoms with Gasteiger partial charge in [-0.3, -0.25) is 0 Å². The van der Waals surface area contributed by atoms with Gasteiger partial charge < -0.3 is 0 Å². The Hall–Kier alpha value is -1.11. The fourth-order valence-electron chi connectivity index (χ4n) is 3.23. The summed E-state index contributed by atoms with van der Waals surface area (Å²) in [7, 11) is 0. The van der Waals surface area contributed by atoms with E-state index in [4.69, 9.17) is 0 Å². The zero-order chi connectivity index (χ0) is 13.5. The first-order chi connectivity index (χ1) is 9.33. The van der Waals surface area contributed by atoms with E-state index in [1.165, 1.54) is 56.6 Å². The highest BCUT2D eigenvalue weighted by atomic mass is 19.1. The summed E-state index contributed by atoms with van der Waals surface area (Å²) in [6.45, 7) is 2.28. The van der Waals surface area contributed by atoms with Gasteiger partial charge in [-0.05, 0) is 54.7 Å². The molecule has 0 aliphatic heterocycles. The van der Waals surface area contributed by atoms with E-state index < -0.39 is 0 Å². The Morgan fingerprint density at radius 1 is 1.11 bits per heavy atom. The number of unbranched alkanes of at least 4 members (excludes halogenated alkanes) is 1. The Bertz CT molecular complexity index is 383. The minimum Gasteiger partial charge on any atom is -0.216 e. The van der Waals surface area contributed by atoms with Crippen molar-refractivity contribution in [2.24, 2.45) is 5.92 Å². The van der Waals surface area contributed by atoms with Gasteiger partial charge in [-0.2, -0.15) is 0 Å². The van der Waals surface area contributed by atoms with E-state index in [9.17, 15) is 4.39 Å². The molecule has 1 aromatic rings. The molecule has 0 bridgehead atoms. The second kappa shape index (κ2) is 7.47. The van der Waals surface area contributed by atoms with Gasteiger partial charge in [0.05, 0.1) is 6.33 Å². The molecule has 0 spiro atoms. The summed E-state index contributed by atoms with van der Waals surface area (Å²) in [5.74, 6) is 1.69. The maximum atomic E-state index is 12.1. The Balaban J connectivity index is 1.87. The summed E-state index contributed by atoms with van der Waals surface area (Å²) in [5, 5.41) is 0. The molecule has 104 valence electrons. The van der Waals surface area contributed by atoms with Crippen LogP contribution in [0.2, 0.25) is 0 Å². The highest BCUT2D eigenvalue weighted by molar-refractivity contribution is 5.48. The predicted octanol–water partition coefficient (Wildman–Crippen LogP) is 6.09. The molecule has 0 aromatic heterocycles. The summed E-state index contributed by atoms with van der Waals surface area (Å²) in [4.78, 5) is 0. The van der Waals surface area contributed by atoms with E-state index >= 15 is 0 Å². The van der Waals surface area contributed by atoms with Crippen molar-refractivity contribution in [2.45, 2.75) is 57.8 Å². The molecule has 2 rings (SSSR count). The second-order valence-corrected chi connectivity index (χ2v) is 5.82. The summed E-state index contributed by atoms with van der Waals surface area (Å²) < 4.78 is 12.1. The van der Waals surface area contributed by atoms with Gasteiger partial charge in [-0.25, -0.2) is 4.39 Å². The van der Waals surface area contributed by atoms with Crippen LogP contribution >= 0.6 is 0 Å². The van der Waals surface area contributed by atoms with Crippen molar-refractivity contribution >= 4 is 6.08 Å². The van der Waals surface area contributed by atoms with Crippen LogP contribution in [0, 0.1) is 5.92 Å². The predicted molar refractivity (Wildman–Crippen MR) is 80.8 cm³/mol. The van der Waals surface area contributed by atoms with Crippen LogP contribution in [0.25, 0.3) is 6.08 Å². The molecule has 0 saturated heterocycles. The third-order valence-electron chi connectivity index (χ3n) is 4.48. The SMILES string of the molecule is CCCCC1CCC(c2ccc(C=CF)cc2)CC1. The van der Waals surface area contributed by atoms with Gasteiger partial charge in [-0.15, -0.1) is 0 Å². The van der Waals surface area contributed by atoms with Gasteiger partial charge in [0.2, 0.25) is 0 Å². The standard InChI is InChI=1S/C18H25F/c1-2-3-4-15-5-9-17(10-6-15)18-11-7-16(8-12-18)13-14-19/h7-8,11-15,17H,2-6,9-10H2,1H3. The average molecular weight is 260 g/mol. The van der Waals surface area contributed by atoms with Crippen molar-refractivity contribution < 1.29 is 4.39 Å². The van der Waals surface area contributed by atoms with E-state index in [0.717, 1.165) is 17.4 Å². The van der Waals surface area contributed by atoms with Crippen LogP contribution in [0.1, 0.15) is 68.9 Å². The molecule has 19 heavy (non-hydrogen) atoms. The Kier molecular flexibility index (Phi) is 5.62. The van der Waals surface area contributed by atoms with Gasteiger partial charge in [0.25, 0.3) is 0 Å². The monoisotopic (exact) mass is 260 g/mol. The van der Waals surface area contributed by atoms with Gasteiger partial charge in [-0.1, -0.05) is 50.5 Å². The van der Waals surface area contributed by atoms with Crippen molar-refractivity contribution in [1.82, 2.24) is 0 Å². The second-order valence-electron chi connectivity index (χ2n) is 5.82. The average Bonchev–Trinajstić information content (AvgIpc) is 2.47. The summed E-state index contributed by atoms with van der Waals surface area (Å²) >= 11 is 0. The van der Waals surface area contributed by atoms with E-state index in [2.05, 4.69) is 19.1 Å². The summed E-state index contributed by atoms with van der Waals surface area (Å²) in [6, 6.07) is 8.39. The summed E-state index contributed by atoms with van der Waals surface area (Å²) in [5.41, 5.74) is 2.38. The summed E-state index contributed by atoms with van der Waals surface area (Å²) in [6.07, 6.45) is 11.7. The number of halogens is 1. The minimum atomic E-state index is 0.605. The largest absolute Gasteiger partial charge is 0.216 e. The maximum Gasteiger partial charge on any atom is 0.0872 e. The van der Waals surface area contributed by atoms with Crippen LogP contribution in [0.15, 0.2) is 30.6 Å². The first-order valence-corrected chi connectivity index (χ1v) is 7.70. The molecular weight excluding hydrogens is 235 g/mol. The van der Waals surface area contributed by atoms with Crippen LogP contribution in [-0.4, -0.2) is 0 Å². The molecule has 1 saturated carbocycles. The zero-order valence-corrected chi connectivity index (χ0v) is 11.9. The molecule has 0 atom stereocenters. The quantitative estimate of drug-likeness (QED) is 0.601. The lowest BCUT2D eigenvalue weighted by atomic mass is 9.77. The molecule has 1 aliphatic rings. The van der Waals surface area contributed by atoms with Gasteiger partial charge in [0, 0.05) is 0 Å². The molecule has 0 N–H and O–H groups in total. The van der Waals surface area contributed by atoms with Crippen molar-refractivity contribution in [3.05, 3.63) is 41.7 Å². The van der Waals surface area contributed by atoms with Crippen LogP contribution in [-0.2, 0) is 0 Å². The van der Waals surface area contributed by atoms with Crippen molar-refractivity contribution in [1.29, 1.82) is 0 Å². The number of benzene rings is 1. The Morgan fingerprint density at radius 2 is 1.79 bits per heavy atom. The molecule has 1 heteroatoms. The minimum absolute atomic E-state index is 0.605. The number of hydrogen-bond donors (Lipinski definition) is 0. The fourth-order valence-corrected chi connectivity index (χ4v) is 3.23. The lowest BCUT2D eigenvalue weighted by Crippen LogP contribution is -2.13. The lowest BCUT2D eigenvalue weighted by Gasteiger charge is -2.28. The van der Waals surface area contributed by atoms with Gasteiger partial charge >= 0.3 is 0 Å². The third-order valence-corrected chi connectivity index (χ3v) is 4.48. The van der Waals surface area contributed by atoms with Crippen LogP contribution < -0.4 is 0 Å². The molecular formula is C18H25F. The Labute approximate surface area is 116 Å². The smallest absolute Gasteiger partial charge is 0.0872 e. The normalized spacial score (nSPS) is 23.9. The van der Waals surface area contributed by atoms with E-state index in [1.807, 2.05) is 12.1 Å². The maximum absolute atomic E-state index is 12.1. The lowest BCUT2D eigenvalue weighted by molar-refractivity contribution is 0.304. The highest BCUT2D eigenvalue weighted by Gasteiger charge is 2.21. The van der Waals surface area contributed by atoms with Crippen LogP contribution in [0.4, 0.5) is 4.39 Å². The van der Waals surface area contributed by atoms with Crippen molar-refractivity contribution in [2.75, 3.05) is 0 Å². The third kappa shape index (κ3) is 4.19. The van der Waals surface area contributed by atoms with Gasteiger partial charge in [0.1, 0.15) is 0 Å². The number of hydrogen-bond acceptors (Lipinski definition) is 0. The molecule has 0 amide bonds. The first-order valence-electron chi connectivity index (χ1n) is 7.70. The highest BCUT2D eigenvalue weighted by Crippen LogP contribution is 2.37. The van der Waals surface area contributed by atoms with Crippen LogP contribution in [0.5, 0.6) is 0 Å². The van der Waals surface area contributed by atoms with E-state index in [-0.39, 0.29) is 0 Å². The number of rotatable bonds is 5. The Morgan fingerprint density at radius 3 is 2.37 bits per heavy atom. The first kappa shape index (κ1) is 14.3. The van der Waals surface area contributed by atoms with Crippen molar-refractivity contribution in [3.8, 4) is 0 Å². The fraction of sp³-hybridized carbons (Fsp3) is 0.556. The molecule has 0 unspecified atom stereocenters. The molecule has 1 aromatic carbocycles. The molecule has 0 nitrogen and oxygen atoms in total. The van der Waals surface area contributed by atoms with E-state index in [0.29, 0.717) is 6.33 Å². The zero-order valence-electron chi connectivity index (χ0n) is 11.9. The molecule has 1 aliphatic carbocycles. The molecule has 0 heterocycles. The topological polar surface area (TPSA) is 0 Å². The van der Waals surface area contributed by atoms with Crippen LogP contribution in [0.3, 0.4) is 0 Å². The molecule has 1 fully saturated rings. The molecule has 0 radical (unpaired) electrons. The van der Waals surface area contributed by atoms with E-state index in [1.54, 1.807) is 0 Å². The van der Waals surface area contributed by atoms with Crippen molar-refractivity contribution in [3.63, 3.8) is 0 Å². The van der Waals surface area contributed by atoms with Gasteiger partial charge in [0.15, 0.2) is 0 Å².